The van der Waals surface area contributed by atoms with E-state index in [1.807, 2.05) is 29.6 Å². The maximum atomic E-state index is 13.6. The number of carbonyl (C=O) groups is 2. The molecule has 1 saturated heterocycles. The fourth-order valence-corrected chi connectivity index (χ4v) is 6.31. The Morgan fingerprint density at radius 3 is 2.50 bits per heavy atom. The van der Waals surface area contributed by atoms with Crippen LogP contribution in [0.4, 0.5) is 15.9 Å². The number of hydrogen-bond donors (Lipinski definition) is 2. The Balaban J connectivity index is 1.40. The molecule has 0 saturated carbocycles. The smallest absolute Gasteiger partial charge is 0.407 e. The molecule has 1 amide bonds. The Hall–Kier alpha value is -4.36. The van der Waals surface area contributed by atoms with Gasteiger partial charge in [-0.15, -0.1) is 11.3 Å². The van der Waals surface area contributed by atoms with Gasteiger partial charge >= 0.3 is 6.09 Å². The number of rotatable bonds is 8. The standard InChI is InChI=1S/C31H37N7O5S/c1-18-23-13-32-28(34-26(23)38(27(40)25(18)19(2)39)14-20-7-9-22(43-6)10-8-20)35-29-33-21(17-44-29)15-36-11-12-37(30(41)42)24(16-36)31(3,4)5/h7-10,13,17,24H,11-12,14-16H2,1-6H3,(H,41,42)(H,32,33,34,35). The van der Waals surface area contributed by atoms with Crippen molar-refractivity contribution in [3.63, 3.8) is 0 Å². The van der Waals surface area contributed by atoms with E-state index in [0.29, 0.717) is 53.7 Å². The molecular formula is C31H37N7O5S. The number of ether oxygens (including phenoxy) is 1. The van der Waals surface area contributed by atoms with Crippen molar-refractivity contribution in [3.8, 4) is 5.75 Å². The average Bonchev–Trinajstić information content (AvgIpc) is 3.41. The molecule has 5 rings (SSSR count). The predicted molar refractivity (Wildman–Crippen MR) is 169 cm³/mol. The van der Waals surface area contributed by atoms with Crippen LogP contribution in [0.5, 0.6) is 5.75 Å². The molecule has 0 radical (unpaired) electrons. The molecule has 13 heteroatoms. The van der Waals surface area contributed by atoms with E-state index in [9.17, 15) is 19.5 Å². The summed E-state index contributed by atoms with van der Waals surface area (Å²) in [6.07, 6.45) is 0.738. The van der Waals surface area contributed by atoms with Gasteiger partial charge in [0.25, 0.3) is 5.56 Å². The Morgan fingerprint density at radius 1 is 1.14 bits per heavy atom. The molecule has 1 atom stereocenters. The van der Waals surface area contributed by atoms with Crippen LogP contribution in [0.3, 0.4) is 0 Å². The number of ketones is 1. The summed E-state index contributed by atoms with van der Waals surface area (Å²) in [4.78, 5) is 55.5. The second-order valence-corrected chi connectivity index (χ2v) is 12.9. The molecule has 12 nitrogen and oxygen atoms in total. The average molecular weight is 620 g/mol. The number of thiazole rings is 1. The molecule has 44 heavy (non-hydrogen) atoms. The van der Waals surface area contributed by atoms with Crippen LogP contribution >= 0.6 is 11.3 Å². The lowest BCUT2D eigenvalue weighted by Gasteiger charge is -2.45. The lowest BCUT2D eigenvalue weighted by Crippen LogP contribution is -2.59. The number of aryl methyl sites for hydroxylation is 1. The van der Waals surface area contributed by atoms with Gasteiger partial charge in [0.1, 0.15) is 11.4 Å². The SMILES string of the molecule is COc1ccc(Cn2c(=O)c(C(C)=O)c(C)c3cnc(Nc4nc(CN5CCN(C(=O)O)C(C(C)(C)C)C5)cs4)nc32)cc1. The van der Waals surface area contributed by atoms with E-state index in [-0.39, 0.29) is 35.3 Å². The van der Waals surface area contributed by atoms with E-state index in [1.54, 1.807) is 20.2 Å². The molecule has 1 aliphatic heterocycles. The summed E-state index contributed by atoms with van der Waals surface area (Å²) in [7, 11) is 1.59. The third-order valence-electron chi connectivity index (χ3n) is 7.98. The Morgan fingerprint density at radius 2 is 1.86 bits per heavy atom. The number of amides is 1. The van der Waals surface area contributed by atoms with E-state index < -0.39 is 11.7 Å². The van der Waals surface area contributed by atoms with Crippen molar-refractivity contribution in [2.45, 2.75) is 53.8 Å². The number of carboxylic acid groups (broad SMARTS) is 1. The van der Waals surface area contributed by atoms with Crippen LogP contribution in [-0.4, -0.2) is 79.1 Å². The second-order valence-electron chi connectivity index (χ2n) is 12.1. The molecule has 1 aliphatic rings. The Kier molecular flexibility index (Phi) is 8.71. The molecule has 0 spiro atoms. The monoisotopic (exact) mass is 619 g/mol. The maximum Gasteiger partial charge on any atom is 0.407 e. The third-order valence-corrected chi connectivity index (χ3v) is 8.79. The van der Waals surface area contributed by atoms with Crippen LogP contribution in [0.15, 0.2) is 40.6 Å². The second kappa shape index (κ2) is 12.3. The number of fused-ring (bicyclic) bond motifs is 1. The first-order valence-corrected chi connectivity index (χ1v) is 15.2. The number of aromatic nitrogens is 4. The van der Waals surface area contributed by atoms with Crippen LogP contribution in [-0.2, 0) is 13.1 Å². The summed E-state index contributed by atoms with van der Waals surface area (Å²) in [5.74, 6) is 0.667. The summed E-state index contributed by atoms with van der Waals surface area (Å²) < 4.78 is 6.76. The zero-order valence-corrected chi connectivity index (χ0v) is 26.6. The lowest BCUT2D eigenvalue weighted by molar-refractivity contribution is 0.0187. The molecule has 4 heterocycles. The number of benzene rings is 1. The van der Waals surface area contributed by atoms with Gasteiger partial charge in [-0.1, -0.05) is 32.9 Å². The van der Waals surface area contributed by atoms with Crippen LogP contribution in [0.1, 0.15) is 54.9 Å². The molecule has 1 aromatic carbocycles. The first-order chi connectivity index (χ1) is 20.8. The number of nitrogens with one attached hydrogen (secondary N) is 1. The van der Waals surface area contributed by atoms with Crippen molar-refractivity contribution in [2.24, 2.45) is 5.41 Å². The van der Waals surface area contributed by atoms with Gasteiger partial charge in [0, 0.05) is 43.1 Å². The zero-order valence-electron chi connectivity index (χ0n) is 25.7. The van der Waals surface area contributed by atoms with Gasteiger partial charge in [0.05, 0.1) is 31.0 Å². The number of nitrogens with zero attached hydrogens (tertiary/aromatic N) is 6. The van der Waals surface area contributed by atoms with E-state index >= 15 is 0 Å². The van der Waals surface area contributed by atoms with Gasteiger partial charge in [0.2, 0.25) is 5.95 Å². The fraction of sp³-hybridized carbons (Fsp3) is 0.419. The van der Waals surface area contributed by atoms with Gasteiger partial charge in [-0.05, 0) is 42.5 Å². The highest BCUT2D eigenvalue weighted by molar-refractivity contribution is 7.13. The number of methoxy groups -OCH3 is 1. The number of Topliss-reactive ketones (excluding diaryl/α,β-unsaturated/α-hetero) is 1. The van der Waals surface area contributed by atoms with E-state index in [4.69, 9.17) is 14.7 Å². The minimum Gasteiger partial charge on any atom is -0.497 e. The van der Waals surface area contributed by atoms with Crippen LogP contribution in [0.2, 0.25) is 0 Å². The first kappa shape index (κ1) is 31.1. The van der Waals surface area contributed by atoms with Gasteiger partial charge < -0.3 is 14.7 Å². The van der Waals surface area contributed by atoms with E-state index in [1.165, 1.54) is 27.7 Å². The van der Waals surface area contributed by atoms with Crippen LogP contribution in [0, 0.1) is 12.3 Å². The summed E-state index contributed by atoms with van der Waals surface area (Å²) >= 11 is 1.41. The van der Waals surface area contributed by atoms with Crippen molar-refractivity contribution >= 4 is 45.3 Å². The minimum absolute atomic E-state index is 0.123. The van der Waals surface area contributed by atoms with Gasteiger partial charge in [-0.25, -0.2) is 14.8 Å². The fourth-order valence-electron chi connectivity index (χ4n) is 5.62. The van der Waals surface area contributed by atoms with Crippen molar-refractivity contribution in [3.05, 3.63) is 68.6 Å². The maximum absolute atomic E-state index is 13.6. The zero-order chi connectivity index (χ0) is 31.8. The van der Waals surface area contributed by atoms with Crippen molar-refractivity contribution < 1.29 is 19.4 Å². The number of piperazine rings is 1. The number of anilines is 2. The molecule has 4 aromatic rings. The van der Waals surface area contributed by atoms with Crippen molar-refractivity contribution in [1.29, 1.82) is 0 Å². The van der Waals surface area contributed by atoms with Crippen LogP contribution in [0.25, 0.3) is 11.0 Å². The largest absolute Gasteiger partial charge is 0.497 e. The number of hydrogen-bond acceptors (Lipinski definition) is 10. The lowest BCUT2D eigenvalue weighted by atomic mass is 9.84. The van der Waals surface area contributed by atoms with Crippen molar-refractivity contribution in [2.75, 3.05) is 32.1 Å². The molecule has 0 aliphatic carbocycles. The molecule has 1 fully saturated rings. The predicted octanol–water partition coefficient (Wildman–Crippen LogP) is 4.77. The summed E-state index contributed by atoms with van der Waals surface area (Å²) in [5.41, 5.74) is 2.18. The highest BCUT2D eigenvalue weighted by atomic mass is 32.1. The van der Waals surface area contributed by atoms with Crippen LogP contribution < -0.4 is 15.6 Å². The summed E-state index contributed by atoms with van der Waals surface area (Å²) in [5, 5.41) is 16.0. The first-order valence-electron chi connectivity index (χ1n) is 14.3. The molecular weight excluding hydrogens is 582 g/mol. The Bertz CT molecular complexity index is 1760. The van der Waals surface area contributed by atoms with E-state index in [0.717, 1.165) is 11.3 Å². The molecule has 0 bridgehead atoms. The Labute approximate surface area is 259 Å². The van der Waals surface area contributed by atoms with Gasteiger partial charge in [-0.3, -0.25) is 24.4 Å². The minimum atomic E-state index is -0.887. The summed E-state index contributed by atoms with van der Waals surface area (Å²) in [6, 6.07) is 7.25. The highest BCUT2D eigenvalue weighted by Gasteiger charge is 2.38. The molecule has 232 valence electrons. The quantitative estimate of drug-likeness (QED) is 0.265. The van der Waals surface area contributed by atoms with Gasteiger partial charge in [-0.2, -0.15) is 4.98 Å². The highest BCUT2D eigenvalue weighted by Crippen LogP contribution is 2.29. The number of carbonyl (C=O) groups excluding carboxylic acids is 1. The number of pyridine rings is 1. The van der Waals surface area contributed by atoms with Gasteiger partial charge in [0.15, 0.2) is 10.9 Å². The summed E-state index contributed by atoms with van der Waals surface area (Å²) in [6.45, 7) is 11.8. The molecule has 3 aromatic heterocycles. The van der Waals surface area contributed by atoms with E-state index in [2.05, 4.69) is 36.0 Å². The topological polar surface area (TPSA) is 143 Å². The normalized spacial score (nSPS) is 15.9. The molecule has 1 unspecified atom stereocenters. The van der Waals surface area contributed by atoms with Crippen molar-refractivity contribution in [1.82, 2.24) is 29.3 Å². The molecule has 2 N–H and O–H groups in total. The third kappa shape index (κ3) is 6.43.